The van der Waals surface area contributed by atoms with E-state index in [1.54, 1.807) is 11.3 Å². The Bertz CT molecular complexity index is 1100. The Labute approximate surface area is 185 Å². The molecule has 0 aliphatic heterocycles. The first kappa shape index (κ1) is 20.0. The molecule has 2 aliphatic carbocycles. The van der Waals surface area contributed by atoms with Crippen molar-refractivity contribution >= 4 is 33.2 Å². The van der Waals surface area contributed by atoms with Gasteiger partial charge >= 0.3 is 0 Å². The number of allylic oxidation sites excluding steroid dienone is 1. The monoisotopic (exact) mass is 440 g/mol. The smallest absolute Gasteiger partial charge is 0.138 e. The Morgan fingerprint density at radius 3 is 3.13 bits per heavy atom. The summed E-state index contributed by atoms with van der Waals surface area (Å²) in [5.74, 6) is 1.64. The number of aliphatic hydroxyl groups is 1. The van der Waals surface area contributed by atoms with Crippen LogP contribution in [0.25, 0.3) is 10.2 Å². The van der Waals surface area contributed by atoms with E-state index in [9.17, 15) is 5.11 Å². The van der Waals surface area contributed by atoms with Gasteiger partial charge < -0.3 is 15.2 Å². The molecule has 4 unspecified atom stereocenters. The normalized spacial score (nSPS) is 23.4. The van der Waals surface area contributed by atoms with Gasteiger partial charge in [0.05, 0.1) is 15.2 Å². The molecular formula is C24H25ClN2O2S. The van der Waals surface area contributed by atoms with Gasteiger partial charge in [-0.3, -0.25) is 0 Å². The van der Waals surface area contributed by atoms with E-state index in [-0.39, 0.29) is 6.61 Å². The van der Waals surface area contributed by atoms with Crippen LogP contribution in [-0.2, 0) is 6.42 Å². The molecule has 6 heteroatoms. The second kappa shape index (κ2) is 8.31. The lowest BCUT2D eigenvalue weighted by atomic mass is 9.69. The van der Waals surface area contributed by atoms with Crippen molar-refractivity contribution in [3.8, 4) is 5.75 Å². The Hall–Kier alpha value is -1.92. The number of aromatic nitrogens is 1. The highest BCUT2D eigenvalue weighted by atomic mass is 35.5. The van der Waals surface area contributed by atoms with Crippen LogP contribution < -0.4 is 10.1 Å². The molecule has 0 saturated heterocycles. The molecule has 5 rings (SSSR count). The quantitative estimate of drug-likeness (QED) is 0.537. The predicted molar refractivity (Wildman–Crippen MR) is 123 cm³/mol. The Morgan fingerprint density at radius 1 is 1.33 bits per heavy atom. The van der Waals surface area contributed by atoms with Crippen molar-refractivity contribution in [2.75, 3.05) is 13.2 Å². The number of hydrogen-bond donors (Lipinski definition) is 2. The summed E-state index contributed by atoms with van der Waals surface area (Å²) in [7, 11) is 0. The fourth-order valence-corrected chi connectivity index (χ4v) is 5.89. The summed E-state index contributed by atoms with van der Waals surface area (Å²) in [6, 6.07) is 12.5. The molecule has 1 heterocycles. The first-order chi connectivity index (χ1) is 14.6. The molecule has 0 spiro atoms. The zero-order valence-corrected chi connectivity index (χ0v) is 18.4. The highest BCUT2D eigenvalue weighted by Crippen LogP contribution is 2.42. The number of aliphatic hydroxyl groups excluding tert-OH is 1. The van der Waals surface area contributed by atoms with Crippen LogP contribution in [0.3, 0.4) is 0 Å². The number of rotatable bonds is 6. The van der Waals surface area contributed by atoms with Crippen molar-refractivity contribution in [1.82, 2.24) is 10.3 Å². The molecule has 4 nitrogen and oxygen atoms in total. The van der Waals surface area contributed by atoms with Gasteiger partial charge in [-0.25, -0.2) is 4.98 Å². The predicted octanol–water partition coefficient (Wildman–Crippen LogP) is 4.87. The number of aryl methyl sites for hydroxylation is 1. The van der Waals surface area contributed by atoms with Crippen LogP contribution in [0.1, 0.15) is 28.5 Å². The highest BCUT2D eigenvalue weighted by molar-refractivity contribution is 7.18. The molecule has 30 heavy (non-hydrogen) atoms. The van der Waals surface area contributed by atoms with E-state index in [0.717, 1.165) is 38.8 Å². The van der Waals surface area contributed by atoms with Crippen LogP contribution in [0, 0.1) is 12.8 Å². The molecule has 2 aromatic carbocycles. The Balaban J connectivity index is 1.22. The number of fused-ring (bicyclic) bond motifs is 5. The minimum absolute atomic E-state index is 0.257. The van der Waals surface area contributed by atoms with Crippen molar-refractivity contribution in [1.29, 1.82) is 0 Å². The molecule has 0 amide bonds. The molecule has 2 N–H and O–H groups in total. The fourth-order valence-electron chi connectivity index (χ4n) is 4.81. The molecule has 1 aromatic heterocycles. The third-order valence-corrected chi connectivity index (χ3v) is 7.37. The number of halogens is 1. The summed E-state index contributed by atoms with van der Waals surface area (Å²) in [6.45, 7) is 2.76. The van der Waals surface area contributed by atoms with Crippen molar-refractivity contribution in [3.63, 3.8) is 0 Å². The third kappa shape index (κ3) is 3.87. The Kier molecular flexibility index (Phi) is 5.54. The minimum atomic E-state index is -0.578. The highest BCUT2D eigenvalue weighted by Gasteiger charge is 2.37. The summed E-state index contributed by atoms with van der Waals surface area (Å²) < 4.78 is 6.99. The van der Waals surface area contributed by atoms with Crippen LogP contribution in [0.5, 0.6) is 5.75 Å². The zero-order chi connectivity index (χ0) is 20.7. The van der Waals surface area contributed by atoms with Gasteiger partial charge in [0.2, 0.25) is 0 Å². The van der Waals surface area contributed by atoms with Gasteiger partial charge in [-0.05, 0) is 61.1 Å². The topological polar surface area (TPSA) is 54.4 Å². The van der Waals surface area contributed by atoms with Gasteiger partial charge in [0.25, 0.3) is 0 Å². The van der Waals surface area contributed by atoms with E-state index in [1.807, 2.05) is 31.2 Å². The molecule has 156 valence electrons. The second-order valence-corrected chi connectivity index (χ2v) is 9.86. The Morgan fingerprint density at radius 2 is 2.23 bits per heavy atom. The van der Waals surface area contributed by atoms with Gasteiger partial charge in [-0.2, -0.15) is 0 Å². The summed E-state index contributed by atoms with van der Waals surface area (Å²) in [6.07, 6.45) is 6.03. The number of thiazole rings is 1. The van der Waals surface area contributed by atoms with Crippen LogP contribution >= 0.6 is 22.9 Å². The number of ether oxygens (including phenoxy) is 1. The van der Waals surface area contributed by atoms with E-state index in [2.05, 4.69) is 34.6 Å². The second-order valence-electron chi connectivity index (χ2n) is 8.22. The SMILES string of the molecule is Cc1nc2cccc(OCC(O)CNC3C4C=CCC3c3ccc(Cl)cc3C4)c2s1. The minimum Gasteiger partial charge on any atom is -0.489 e. The maximum Gasteiger partial charge on any atom is 0.138 e. The van der Waals surface area contributed by atoms with Crippen molar-refractivity contribution in [3.05, 3.63) is 69.7 Å². The lowest BCUT2D eigenvalue weighted by Crippen LogP contribution is -2.48. The van der Waals surface area contributed by atoms with Gasteiger partial charge in [-0.15, -0.1) is 11.3 Å². The van der Waals surface area contributed by atoms with E-state index in [1.165, 1.54) is 11.1 Å². The third-order valence-electron chi connectivity index (χ3n) is 6.13. The average Bonchev–Trinajstić information content (AvgIpc) is 3.11. The van der Waals surface area contributed by atoms with Gasteiger partial charge in [0, 0.05) is 23.5 Å². The van der Waals surface area contributed by atoms with E-state index in [4.69, 9.17) is 16.3 Å². The van der Waals surface area contributed by atoms with Gasteiger partial charge in [0.1, 0.15) is 18.5 Å². The van der Waals surface area contributed by atoms with Crippen LogP contribution in [-0.4, -0.2) is 35.4 Å². The first-order valence-electron chi connectivity index (χ1n) is 10.4. The first-order valence-corrected chi connectivity index (χ1v) is 11.6. The van der Waals surface area contributed by atoms with E-state index >= 15 is 0 Å². The van der Waals surface area contributed by atoms with Gasteiger partial charge in [-0.1, -0.05) is 35.9 Å². The zero-order valence-electron chi connectivity index (χ0n) is 16.8. The van der Waals surface area contributed by atoms with Crippen molar-refractivity contribution in [2.24, 2.45) is 5.92 Å². The molecule has 2 bridgehead atoms. The van der Waals surface area contributed by atoms with E-state index < -0.39 is 6.10 Å². The molecule has 0 fully saturated rings. The maximum atomic E-state index is 10.6. The molecule has 0 radical (unpaired) electrons. The van der Waals surface area contributed by atoms with E-state index in [0.29, 0.717) is 24.4 Å². The van der Waals surface area contributed by atoms with Crippen LogP contribution in [0.2, 0.25) is 5.02 Å². The molecule has 2 aliphatic rings. The fraction of sp³-hybridized carbons (Fsp3) is 0.375. The summed E-state index contributed by atoms with van der Waals surface area (Å²) in [5, 5.41) is 16.0. The van der Waals surface area contributed by atoms with Crippen LogP contribution in [0.4, 0.5) is 0 Å². The number of nitrogens with one attached hydrogen (secondary N) is 1. The standard InChI is InChI=1S/C24H25ClN2O2S/c1-14-27-21-6-3-7-22(24(21)30-14)29-13-18(28)12-26-23-15-4-2-5-20(23)19-9-8-17(25)11-16(19)10-15/h2-4,6-9,11,15,18,20,23,26,28H,5,10,12-13H2,1H3. The summed E-state index contributed by atoms with van der Waals surface area (Å²) in [4.78, 5) is 4.50. The number of hydrogen-bond acceptors (Lipinski definition) is 5. The van der Waals surface area contributed by atoms with Crippen LogP contribution in [0.15, 0.2) is 48.6 Å². The van der Waals surface area contributed by atoms with Crippen molar-refractivity contribution in [2.45, 2.75) is 37.8 Å². The lowest BCUT2D eigenvalue weighted by Gasteiger charge is -2.42. The average molecular weight is 441 g/mol. The maximum absolute atomic E-state index is 10.6. The molecule has 4 atom stereocenters. The molecule has 3 aromatic rings. The van der Waals surface area contributed by atoms with Crippen molar-refractivity contribution < 1.29 is 9.84 Å². The summed E-state index contributed by atoms with van der Waals surface area (Å²) in [5.41, 5.74) is 3.69. The molecular weight excluding hydrogens is 416 g/mol. The number of benzene rings is 2. The number of nitrogens with zero attached hydrogens (tertiary/aromatic N) is 1. The van der Waals surface area contributed by atoms with Gasteiger partial charge in [0.15, 0.2) is 0 Å². The lowest BCUT2D eigenvalue weighted by molar-refractivity contribution is 0.0999. The summed E-state index contributed by atoms with van der Waals surface area (Å²) >= 11 is 7.83. The largest absolute Gasteiger partial charge is 0.489 e. The molecule has 0 saturated carbocycles.